The van der Waals surface area contributed by atoms with Crippen LogP contribution in [-0.2, 0) is 0 Å². The largest absolute Gasteiger partial charge is 0.497 e. The van der Waals surface area contributed by atoms with E-state index in [-0.39, 0.29) is 5.91 Å². The lowest BCUT2D eigenvalue weighted by atomic mass is 10.1. The minimum Gasteiger partial charge on any atom is -0.497 e. The monoisotopic (exact) mass is 327 g/mol. The number of amides is 1. The van der Waals surface area contributed by atoms with E-state index in [4.69, 9.17) is 9.47 Å². The lowest BCUT2D eigenvalue weighted by molar-refractivity contribution is 0.102. The summed E-state index contributed by atoms with van der Waals surface area (Å²) in [4.78, 5) is 13.4. The van der Waals surface area contributed by atoms with Gasteiger partial charge in [0, 0.05) is 10.8 Å². The van der Waals surface area contributed by atoms with E-state index in [2.05, 4.69) is 5.32 Å². The van der Waals surface area contributed by atoms with Crippen LogP contribution < -0.4 is 14.8 Å². The number of hydrogen-bond donors (Lipinski definition) is 1. The second-order valence-electron chi connectivity index (χ2n) is 5.07. The fourth-order valence-electron chi connectivity index (χ4n) is 2.48. The molecule has 5 heteroatoms. The van der Waals surface area contributed by atoms with Crippen molar-refractivity contribution in [2.75, 3.05) is 19.5 Å². The van der Waals surface area contributed by atoms with Gasteiger partial charge >= 0.3 is 0 Å². The second kappa shape index (κ2) is 6.30. The number of benzene rings is 2. The van der Waals surface area contributed by atoms with Crippen molar-refractivity contribution in [1.29, 1.82) is 0 Å². The topological polar surface area (TPSA) is 47.6 Å². The minimum absolute atomic E-state index is 0.143. The van der Waals surface area contributed by atoms with Crippen LogP contribution in [0.15, 0.2) is 42.5 Å². The molecule has 2 aromatic carbocycles. The van der Waals surface area contributed by atoms with Gasteiger partial charge in [0.1, 0.15) is 11.5 Å². The van der Waals surface area contributed by atoms with Gasteiger partial charge in [-0.15, -0.1) is 11.3 Å². The Labute approximate surface area is 138 Å². The van der Waals surface area contributed by atoms with E-state index in [9.17, 15) is 4.79 Å². The van der Waals surface area contributed by atoms with Crippen molar-refractivity contribution in [3.63, 3.8) is 0 Å². The summed E-state index contributed by atoms with van der Waals surface area (Å²) >= 11 is 1.49. The lowest BCUT2D eigenvalue weighted by Crippen LogP contribution is -2.12. The standard InChI is InChI=1S/C18H17NO3S/c1-11-13-6-4-5-7-16(13)23-17(11)18(20)19-14-10-12(21-2)8-9-15(14)22-3/h4-10H,1-3H3,(H,19,20). The maximum atomic E-state index is 12.7. The Morgan fingerprint density at radius 2 is 1.87 bits per heavy atom. The summed E-state index contributed by atoms with van der Waals surface area (Å²) in [5.41, 5.74) is 1.58. The summed E-state index contributed by atoms with van der Waals surface area (Å²) in [7, 11) is 3.16. The number of aryl methyl sites for hydroxylation is 1. The van der Waals surface area contributed by atoms with Crippen molar-refractivity contribution < 1.29 is 14.3 Å². The number of anilines is 1. The average Bonchev–Trinajstić information content (AvgIpc) is 2.92. The number of carbonyl (C=O) groups is 1. The molecule has 0 saturated carbocycles. The van der Waals surface area contributed by atoms with Crippen LogP contribution in [0.2, 0.25) is 0 Å². The van der Waals surface area contributed by atoms with Gasteiger partial charge in [-0.2, -0.15) is 0 Å². The molecule has 0 aliphatic heterocycles. The smallest absolute Gasteiger partial charge is 0.266 e. The summed E-state index contributed by atoms with van der Waals surface area (Å²) in [6, 6.07) is 13.3. The third-order valence-corrected chi connectivity index (χ3v) is 4.98. The van der Waals surface area contributed by atoms with Crippen LogP contribution in [0.5, 0.6) is 11.5 Å². The fourth-order valence-corrected chi connectivity index (χ4v) is 3.59. The van der Waals surface area contributed by atoms with Gasteiger partial charge in [-0.25, -0.2) is 0 Å². The van der Waals surface area contributed by atoms with Crippen molar-refractivity contribution in [2.24, 2.45) is 0 Å². The molecule has 4 nitrogen and oxygen atoms in total. The Bertz CT molecular complexity index is 870. The normalized spacial score (nSPS) is 10.6. The van der Waals surface area contributed by atoms with Crippen molar-refractivity contribution in [3.8, 4) is 11.5 Å². The Kier molecular flexibility index (Phi) is 4.21. The van der Waals surface area contributed by atoms with Gasteiger partial charge in [0.15, 0.2) is 0 Å². The van der Waals surface area contributed by atoms with Crippen molar-refractivity contribution in [1.82, 2.24) is 0 Å². The van der Waals surface area contributed by atoms with E-state index < -0.39 is 0 Å². The number of fused-ring (bicyclic) bond motifs is 1. The molecular formula is C18H17NO3S. The van der Waals surface area contributed by atoms with Crippen molar-refractivity contribution in [2.45, 2.75) is 6.92 Å². The highest BCUT2D eigenvalue weighted by molar-refractivity contribution is 7.21. The van der Waals surface area contributed by atoms with E-state index in [0.717, 1.165) is 15.6 Å². The molecule has 1 N–H and O–H groups in total. The molecule has 1 heterocycles. The van der Waals surface area contributed by atoms with Gasteiger partial charge in [-0.05, 0) is 36.1 Å². The predicted molar refractivity (Wildman–Crippen MR) is 94.1 cm³/mol. The summed E-state index contributed by atoms with van der Waals surface area (Å²) < 4.78 is 11.6. The van der Waals surface area contributed by atoms with E-state index >= 15 is 0 Å². The van der Waals surface area contributed by atoms with Gasteiger partial charge in [0.25, 0.3) is 5.91 Å². The summed E-state index contributed by atoms with van der Waals surface area (Å²) in [5, 5.41) is 4.03. The van der Waals surface area contributed by atoms with Crippen LogP contribution in [0.3, 0.4) is 0 Å². The number of nitrogens with one attached hydrogen (secondary N) is 1. The van der Waals surface area contributed by atoms with Crippen molar-refractivity contribution in [3.05, 3.63) is 52.9 Å². The number of hydrogen-bond acceptors (Lipinski definition) is 4. The molecule has 0 bridgehead atoms. The van der Waals surface area contributed by atoms with Crippen LogP contribution in [-0.4, -0.2) is 20.1 Å². The number of thiophene rings is 1. The molecule has 118 valence electrons. The van der Waals surface area contributed by atoms with Crippen LogP contribution in [0.4, 0.5) is 5.69 Å². The third kappa shape index (κ3) is 2.87. The molecule has 0 aliphatic rings. The molecule has 1 aromatic heterocycles. The molecule has 3 aromatic rings. The quantitative estimate of drug-likeness (QED) is 0.768. The van der Waals surface area contributed by atoms with Gasteiger partial charge < -0.3 is 14.8 Å². The summed E-state index contributed by atoms with van der Waals surface area (Å²) in [6.07, 6.45) is 0. The molecule has 3 rings (SSSR count). The minimum atomic E-state index is -0.143. The highest BCUT2D eigenvalue weighted by Crippen LogP contribution is 2.33. The fraction of sp³-hybridized carbons (Fsp3) is 0.167. The van der Waals surface area contributed by atoms with Crippen molar-refractivity contribution >= 4 is 33.0 Å². The van der Waals surface area contributed by atoms with E-state index in [1.807, 2.05) is 31.2 Å². The predicted octanol–water partition coefficient (Wildman–Crippen LogP) is 4.48. The van der Waals surface area contributed by atoms with Gasteiger partial charge in [0.05, 0.1) is 24.8 Å². The molecule has 0 unspecified atom stereocenters. The lowest BCUT2D eigenvalue weighted by Gasteiger charge is -2.11. The number of ether oxygens (including phenoxy) is 2. The molecule has 0 radical (unpaired) electrons. The molecule has 0 fully saturated rings. The molecule has 0 saturated heterocycles. The first-order chi connectivity index (χ1) is 11.1. The van der Waals surface area contributed by atoms with E-state index in [1.54, 1.807) is 32.4 Å². The second-order valence-corrected chi connectivity index (χ2v) is 6.12. The van der Waals surface area contributed by atoms with Crippen LogP contribution in [0.25, 0.3) is 10.1 Å². The Balaban J connectivity index is 1.96. The zero-order valence-electron chi connectivity index (χ0n) is 13.2. The Morgan fingerprint density at radius 1 is 1.09 bits per heavy atom. The van der Waals surface area contributed by atoms with E-state index in [0.29, 0.717) is 22.1 Å². The highest BCUT2D eigenvalue weighted by Gasteiger charge is 2.17. The number of carbonyl (C=O) groups excluding carboxylic acids is 1. The average molecular weight is 327 g/mol. The zero-order chi connectivity index (χ0) is 16.4. The third-order valence-electron chi connectivity index (χ3n) is 3.70. The Hall–Kier alpha value is -2.53. The molecule has 23 heavy (non-hydrogen) atoms. The van der Waals surface area contributed by atoms with Gasteiger partial charge in [-0.3, -0.25) is 4.79 Å². The SMILES string of the molecule is COc1ccc(OC)c(NC(=O)c2sc3ccccc3c2C)c1. The molecule has 0 aliphatic carbocycles. The van der Waals surface area contributed by atoms with Crippen LogP contribution in [0, 0.1) is 6.92 Å². The summed E-state index contributed by atoms with van der Waals surface area (Å²) in [6.45, 7) is 1.97. The van der Waals surface area contributed by atoms with Crippen LogP contribution in [0.1, 0.15) is 15.2 Å². The zero-order valence-corrected chi connectivity index (χ0v) is 14.0. The maximum absolute atomic E-state index is 12.7. The van der Waals surface area contributed by atoms with Crippen LogP contribution >= 0.6 is 11.3 Å². The molecule has 0 atom stereocenters. The first kappa shape index (κ1) is 15.4. The van der Waals surface area contributed by atoms with Gasteiger partial charge in [-0.1, -0.05) is 18.2 Å². The molecule has 1 amide bonds. The number of methoxy groups -OCH3 is 2. The first-order valence-electron chi connectivity index (χ1n) is 7.15. The Morgan fingerprint density at radius 3 is 2.57 bits per heavy atom. The molecular weight excluding hydrogens is 310 g/mol. The van der Waals surface area contributed by atoms with E-state index in [1.165, 1.54) is 11.3 Å². The first-order valence-corrected chi connectivity index (χ1v) is 7.97. The highest BCUT2D eigenvalue weighted by atomic mass is 32.1. The molecule has 0 spiro atoms. The summed E-state index contributed by atoms with van der Waals surface area (Å²) in [5.74, 6) is 1.11. The maximum Gasteiger partial charge on any atom is 0.266 e. The number of rotatable bonds is 4. The van der Waals surface area contributed by atoms with Gasteiger partial charge in [0.2, 0.25) is 0 Å².